The van der Waals surface area contributed by atoms with Crippen molar-refractivity contribution in [1.82, 2.24) is 14.9 Å². The second-order valence-electron chi connectivity index (χ2n) is 4.86. The minimum Gasteiger partial charge on any atom is -0.465 e. The molecule has 0 amide bonds. The van der Waals surface area contributed by atoms with E-state index in [9.17, 15) is 4.79 Å². The molecule has 0 spiro atoms. The second-order valence-corrected chi connectivity index (χ2v) is 5.77. The molecule has 6 heteroatoms. The van der Waals surface area contributed by atoms with E-state index < -0.39 is 0 Å². The number of methoxy groups -OCH3 is 1. The standard InChI is InChI=1S/C14H17N3O2S/c1-19-14(18)13-11(4-6-20-13)17-9-16-8-12(17)10-3-2-5-15-7-10/h4,6,8-10,15H,2-3,5,7H2,1H3. The predicted octanol–water partition coefficient (Wildman–Crippen LogP) is 2.19. The van der Waals surface area contributed by atoms with E-state index in [1.54, 1.807) is 6.33 Å². The Bertz CT molecular complexity index is 599. The average Bonchev–Trinajstić information content (AvgIpc) is 3.15. The van der Waals surface area contributed by atoms with Gasteiger partial charge in [0.1, 0.15) is 4.88 Å². The fourth-order valence-corrected chi connectivity index (χ4v) is 3.45. The van der Waals surface area contributed by atoms with Crippen molar-refractivity contribution in [2.75, 3.05) is 20.2 Å². The molecule has 1 saturated heterocycles. The van der Waals surface area contributed by atoms with E-state index >= 15 is 0 Å². The monoisotopic (exact) mass is 291 g/mol. The summed E-state index contributed by atoms with van der Waals surface area (Å²) >= 11 is 1.40. The van der Waals surface area contributed by atoms with Crippen molar-refractivity contribution in [2.24, 2.45) is 0 Å². The van der Waals surface area contributed by atoms with Gasteiger partial charge in [-0.2, -0.15) is 0 Å². The van der Waals surface area contributed by atoms with Crippen LogP contribution in [0, 0.1) is 0 Å². The van der Waals surface area contributed by atoms with Crippen LogP contribution < -0.4 is 5.32 Å². The molecule has 0 radical (unpaired) electrons. The minimum absolute atomic E-state index is 0.295. The topological polar surface area (TPSA) is 56.2 Å². The number of hydrogen-bond acceptors (Lipinski definition) is 5. The third-order valence-electron chi connectivity index (χ3n) is 3.66. The molecular formula is C14H17N3O2S. The highest BCUT2D eigenvalue weighted by atomic mass is 32.1. The zero-order valence-electron chi connectivity index (χ0n) is 11.3. The van der Waals surface area contributed by atoms with E-state index in [4.69, 9.17) is 4.74 Å². The first-order chi connectivity index (χ1) is 9.81. The van der Waals surface area contributed by atoms with Gasteiger partial charge < -0.3 is 14.6 Å². The van der Waals surface area contributed by atoms with Crippen molar-refractivity contribution < 1.29 is 9.53 Å². The molecule has 1 aliphatic rings. The van der Waals surface area contributed by atoms with Crippen molar-refractivity contribution in [3.05, 3.63) is 34.5 Å². The summed E-state index contributed by atoms with van der Waals surface area (Å²) in [6, 6.07) is 1.94. The first-order valence-electron chi connectivity index (χ1n) is 6.70. The van der Waals surface area contributed by atoms with Crippen LogP contribution in [-0.2, 0) is 4.74 Å². The number of esters is 1. The highest BCUT2D eigenvalue weighted by molar-refractivity contribution is 7.12. The van der Waals surface area contributed by atoms with Crippen LogP contribution in [0.3, 0.4) is 0 Å². The lowest BCUT2D eigenvalue weighted by Gasteiger charge is -2.23. The van der Waals surface area contributed by atoms with E-state index in [1.807, 2.05) is 22.2 Å². The fourth-order valence-electron chi connectivity index (χ4n) is 2.65. The zero-order chi connectivity index (χ0) is 13.9. The molecule has 0 aromatic carbocycles. The highest BCUT2D eigenvalue weighted by Gasteiger charge is 2.22. The third kappa shape index (κ3) is 2.36. The van der Waals surface area contributed by atoms with Crippen molar-refractivity contribution in [2.45, 2.75) is 18.8 Å². The molecule has 1 aliphatic heterocycles. The molecule has 20 heavy (non-hydrogen) atoms. The molecule has 1 fully saturated rings. The maximum absolute atomic E-state index is 11.8. The molecule has 2 aromatic heterocycles. The van der Waals surface area contributed by atoms with Gasteiger partial charge in [-0.1, -0.05) is 0 Å². The van der Waals surface area contributed by atoms with Gasteiger partial charge in [-0.3, -0.25) is 0 Å². The van der Waals surface area contributed by atoms with E-state index in [0.717, 1.165) is 30.9 Å². The van der Waals surface area contributed by atoms with Crippen molar-refractivity contribution in [3.8, 4) is 5.69 Å². The van der Waals surface area contributed by atoms with Gasteiger partial charge in [0.15, 0.2) is 0 Å². The molecule has 106 valence electrons. The number of aromatic nitrogens is 2. The van der Waals surface area contributed by atoms with Gasteiger partial charge in [0.2, 0.25) is 0 Å². The molecule has 1 N–H and O–H groups in total. The molecule has 3 rings (SSSR count). The Morgan fingerprint density at radius 2 is 2.50 bits per heavy atom. The number of thiophene rings is 1. The molecule has 5 nitrogen and oxygen atoms in total. The number of ether oxygens (including phenoxy) is 1. The lowest BCUT2D eigenvalue weighted by molar-refractivity contribution is 0.0606. The number of carbonyl (C=O) groups excluding carboxylic acids is 1. The van der Waals surface area contributed by atoms with E-state index in [1.165, 1.54) is 24.9 Å². The Kier molecular flexibility index (Phi) is 3.84. The van der Waals surface area contributed by atoms with Gasteiger partial charge in [0.25, 0.3) is 0 Å². The zero-order valence-corrected chi connectivity index (χ0v) is 12.2. The van der Waals surface area contributed by atoms with Crippen LogP contribution in [0.1, 0.15) is 34.1 Å². The van der Waals surface area contributed by atoms with Crippen molar-refractivity contribution in [3.63, 3.8) is 0 Å². The maximum Gasteiger partial charge on any atom is 0.350 e. The second kappa shape index (κ2) is 5.76. The first-order valence-corrected chi connectivity index (χ1v) is 7.58. The molecule has 2 aromatic rings. The average molecular weight is 291 g/mol. The quantitative estimate of drug-likeness (QED) is 0.881. The van der Waals surface area contributed by atoms with Crippen LogP contribution in [0.2, 0.25) is 0 Å². The van der Waals surface area contributed by atoms with Gasteiger partial charge in [0, 0.05) is 24.4 Å². The van der Waals surface area contributed by atoms with Crippen LogP contribution in [0.4, 0.5) is 0 Å². The summed E-state index contributed by atoms with van der Waals surface area (Å²) in [7, 11) is 1.41. The number of hydrogen-bond donors (Lipinski definition) is 1. The molecule has 1 atom stereocenters. The number of nitrogens with zero attached hydrogens (tertiary/aromatic N) is 2. The van der Waals surface area contributed by atoms with Crippen LogP contribution in [-0.4, -0.2) is 35.7 Å². The summed E-state index contributed by atoms with van der Waals surface area (Å²) in [6.45, 7) is 2.04. The summed E-state index contributed by atoms with van der Waals surface area (Å²) in [5, 5.41) is 5.32. The summed E-state index contributed by atoms with van der Waals surface area (Å²) < 4.78 is 6.86. The fraction of sp³-hybridized carbons (Fsp3) is 0.429. The van der Waals surface area contributed by atoms with E-state index in [2.05, 4.69) is 10.3 Å². The summed E-state index contributed by atoms with van der Waals surface area (Å²) in [4.78, 5) is 16.7. The predicted molar refractivity (Wildman–Crippen MR) is 77.6 cm³/mol. The number of nitrogens with one attached hydrogen (secondary N) is 1. The van der Waals surface area contributed by atoms with Crippen LogP contribution in [0.25, 0.3) is 5.69 Å². The van der Waals surface area contributed by atoms with E-state index in [0.29, 0.717) is 10.8 Å². The van der Waals surface area contributed by atoms with Gasteiger partial charge in [-0.15, -0.1) is 11.3 Å². The molecule has 0 bridgehead atoms. The van der Waals surface area contributed by atoms with Gasteiger partial charge >= 0.3 is 5.97 Å². The van der Waals surface area contributed by atoms with Gasteiger partial charge in [-0.05, 0) is 30.8 Å². The minimum atomic E-state index is -0.295. The smallest absolute Gasteiger partial charge is 0.350 e. The van der Waals surface area contributed by atoms with Crippen LogP contribution in [0.15, 0.2) is 24.0 Å². The SMILES string of the molecule is COC(=O)c1sccc1-n1cncc1C1CCCNC1. The Balaban J connectivity index is 1.97. The Morgan fingerprint density at radius 1 is 1.60 bits per heavy atom. The summed E-state index contributed by atoms with van der Waals surface area (Å²) in [5.41, 5.74) is 2.01. The first kappa shape index (κ1) is 13.3. The molecular weight excluding hydrogens is 274 g/mol. The van der Waals surface area contributed by atoms with Gasteiger partial charge in [-0.25, -0.2) is 9.78 Å². The Hall–Kier alpha value is -1.66. The maximum atomic E-state index is 11.8. The van der Waals surface area contributed by atoms with Crippen molar-refractivity contribution in [1.29, 1.82) is 0 Å². The lowest BCUT2D eigenvalue weighted by Crippen LogP contribution is -2.29. The van der Waals surface area contributed by atoms with E-state index in [-0.39, 0.29) is 5.97 Å². The number of rotatable bonds is 3. The largest absolute Gasteiger partial charge is 0.465 e. The highest BCUT2D eigenvalue weighted by Crippen LogP contribution is 2.29. The van der Waals surface area contributed by atoms with Crippen molar-refractivity contribution >= 4 is 17.3 Å². The van der Waals surface area contributed by atoms with Gasteiger partial charge in [0.05, 0.1) is 19.1 Å². The van der Waals surface area contributed by atoms with Crippen LogP contribution >= 0.6 is 11.3 Å². The summed E-state index contributed by atoms with van der Waals surface area (Å²) in [5.74, 6) is 0.146. The number of carbonyl (C=O) groups is 1. The van der Waals surface area contributed by atoms with Crippen LogP contribution in [0.5, 0.6) is 0 Å². The molecule has 3 heterocycles. The Morgan fingerprint density at radius 3 is 3.25 bits per heavy atom. The normalized spacial score (nSPS) is 18.9. The molecule has 0 saturated carbocycles. The Labute approximate surface area is 121 Å². The molecule has 0 aliphatic carbocycles. The summed E-state index contributed by atoms with van der Waals surface area (Å²) in [6.07, 6.45) is 5.99. The third-order valence-corrected chi connectivity index (χ3v) is 4.54. The number of piperidine rings is 1. The molecule has 1 unspecified atom stereocenters. The lowest BCUT2D eigenvalue weighted by atomic mass is 9.96. The number of imidazole rings is 1.